The van der Waals surface area contributed by atoms with Crippen molar-refractivity contribution in [3.05, 3.63) is 0 Å². The molecule has 114 valence electrons. The van der Waals surface area contributed by atoms with Gasteiger partial charge in [-0.1, -0.05) is 0 Å². The molecule has 3 nitrogen and oxygen atoms in total. The highest BCUT2D eigenvalue weighted by molar-refractivity contribution is 5.85. The van der Waals surface area contributed by atoms with Gasteiger partial charge in [-0.3, -0.25) is 4.79 Å². The molecule has 20 heavy (non-hydrogen) atoms. The van der Waals surface area contributed by atoms with E-state index < -0.39 is 0 Å². The summed E-state index contributed by atoms with van der Waals surface area (Å²) in [5, 5.41) is 3.37. The summed E-state index contributed by atoms with van der Waals surface area (Å²) in [4.78, 5) is 14.8. The average Bonchev–Trinajstić information content (AvgIpc) is 2.90. The van der Waals surface area contributed by atoms with Crippen LogP contribution < -0.4 is 5.32 Å². The monoisotopic (exact) mass is 298 g/mol. The van der Waals surface area contributed by atoms with Crippen LogP contribution in [-0.4, -0.2) is 36.5 Å². The third kappa shape index (κ3) is 2.27. The van der Waals surface area contributed by atoms with Crippen LogP contribution in [0.2, 0.25) is 0 Å². The lowest BCUT2D eigenvalue weighted by Gasteiger charge is -2.56. The van der Waals surface area contributed by atoms with Crippen molar-refractivity contribution >= 4 is 18.3 Å². The minimum Gasteiger partial charge on any atom is -0.341 e. The smallest absolute Gasteiger partial charge is 0.239 e. The first-order valence-corrected chi connectivity index (χ1v) is 8.22. The Bertz CT molecular complexity index is 353. The Balaban J connectivity index is 0.00000121. The van der Waals surface area contributed by atoms with E-state index in [4.69, 9.17) is 0 Å². The SMILES string of the molecule is CN(C(=O)[C@@H]1CCCN1)C1C2CC3CC(C2)CC1C3.Cl. The first-order valence-electron chi connectivity index (χ1n) is 8.22. The lowest BCUT2D eigenvalue weighted by molar-refractivity contribution is -0.143. The molecule has 0 aromatic heterocycles. The van der Waals surface area contributed by atoms with E-state index in [0.29, 0.717) is 11.9 Å². The van der Waals surface area contributed by atoms with Crippen LogP contribution in [0.3, 0.4) is 0 Å². The highest BCUT2D eigenvalue weighted by Gasteiger charge is 2.50. The zero-order valence-corrected chi connectivity index (χ0v) is 13.2. The summed E-state index contributed by atoms with van der Waals surface area (Å²) in [5.74, 6) is 3.98. The zero-order chi connectivity index (χ0) is 13.0. The zero-order valence-electron chi connectivity index (χ0n) is 12.4. The number of amides is 1. The van der Waals surface area contributed by atoms with Crippen LogP contribution in [-0.2, 0) is 4.79 Å². The van der Waals surface area contributed by atoms with Crippen LogP contribution in [0.5, 0.6) is 0 Å². The summed E-state index contributed by atoms with van der Waals surface area (Å²) in [7, 11) is 2.08. The second kappa shape index (κ2) is 5.49. The molecule has 1 atom stereocenters. The number of carbonyl (C=O) groups is 1. The third-order valence-corrected chi connectivity index (χ3v) is 6.33. The van der Waals surface area contributed by atoms with Crippen molar-refractivity contribution in [2.45, 2.75) is 57.0 Å². The minimum absolute atomic E-state index is 0. The first kappa shape index (κ1) is 14.6. The molecule has 0 aromatic carbocycles. The highest BCUT2D eigenvalue weighted by Crippen LogP contribution is 2.55. The maximum atomic E-state index is 12.6. The second-order valence-corrected chi connectivity index (χ2v) is 7.52. The maximum absolute atomic E-state index is 12.6. The fourth-order valence-corrected chi connectivity index (χ4v) is 5.82. The van der Waals surface area contributed by atoms with Gasteiger partial charge in [0.15, 0.2) is 0 Å². The lowest BCUT2D eigenvalue weighted by Crippen LogP contribution is -2.58. The average molecular weight is 299 g/mol. The highest BCUT2D eigenvalue weighted by atomic mass is 35.5. The standard InChI is InChI=1S/C16H26N2O.ClH/c1-18(16(19)14-3-2-4-17-14)15-12-6-10-5-11(8-12)9-13(15)7-10;/h10-15,17H,2-9H2,1H3;1H/t10?,11?,12?,13?,14-,15?;/m0./s1. The number of nitrogens with zero attached hydrogens (tertiary/aromatic N) is 1. The van der Waals surface area contributed by atoms with Crippen molar-refractivity contribution in [2.24, 2.45) is 23.7 Å². The molecule has 4 aliphatic carbocycles. The van der Waals surface area contributed by atoms with Crippen molar-refractivity contribution in [3.8, 4) is 0 Å². The van der Waals surface area contributed by atoms with Crippen molar-refractivity contribution in [2.75, 3.05) is 13.6 Å². The van der Waals surface area contributed by atoms with Crippen molar-refractivity contribution in [1.82, 2.24) is 10.2 Å². The molecule has 1 heterocycles. The lowest BCUT2D eigenvalue weighted by atomic mass is 9.54. The Hall–Kier alpha value is -0.280. The van der Waals surface area contributed by atoms with Gasteiger partial charge in [0.2, 0.25) is 5.91 Å². The second-order valence-electron chi connectivity index (χ2n) is 7.52. The molecule has 4 heteroatoms. The van der Waals surface area contributed by atoms with Gasteiger partial charge in [-0.2, -0.15) is 0 Å². The van der Waals surface area contributed by atoms with E-state index in [1.54, 1.807) is 0 Å². The molecule has 4 bridgehead atoms. The number of hydrogen-bond donors (Lipinski definition) is 1. The van der Waals surface area contributed by atoms with E-state index in [0.717, 1.165) is 43.1 Å². The van der Waals surface area contributed by atoms with Gasteiger partial charge in [-0.05, 0) is 75.2 Å². The number of nitrogens with one attached hydrogen (secondary N) is 1. The van der Waals surface area contributed by atoms with E-state index in [1.165, 1.54) is 32.1 Å². The molecule has 1 N–H and O–H groups in total. The fraction of sp³-hybridized carbons (Fsp3) is 0.938. The topological polar surface area (TPSA) is 32.3 Å². The fourth-order valence-electron chi connectivity index (χ4n) is 5.82. The molecule has 4 saturated carbocycles. The van der Waals surface area contributed by atoms with Crippen LogP contribution in [0.4, 0.5) is 0 Å². The molecule has 5 aliphatic rings. The predicted molar refractivity (Wildman–Crippen MR) is 81.9 cm³/mol. The van der Waals surface area contributed by atoms with E-state index in [9.17, 15) is 4.79 Å². The third-order valence-electron chi connectivity index (χ3n) is 6.33. The van der Waals surface area contributed by atoms with Crippen LogP contribution in [0, 0.1) is 23.7 Å². The number of halogens is 1. The summed E-state index contributed by atoms with van der Waals surface area (Å²) >= 11 is 0. The van der Waals surface area contributed by atoms with Gasteiger partial charge in [-0.25, -0.2) is 0 Å². The summed E-state index contributed by atoms with van der Waals surface area (Å²) in [5.41, 5.74) is 0. The maximum Gasteiger partial charge on any atom is 0.239 e. The Morgan fingerprint density at radius 3 is 2.15 bits per heavy atom. The van der Waals surface area contributed by atoms with Gasteiger partial charge in [0.1, 0.15) is 0 Å². The first-order chi connectivity index (χ1) is 9.22. The summed E-state index contributed by atoms with van der Waals surface area (Å²) in [6.45, 7) is 1.02. The van der Waals surface area contributed by atoms with E-state index in [2.05, 4.69) is 17.3 Å². The van der Waals surface area contributed by atoms with Crippen molar-refractivity contribution in [1.29, 1.82) is 0 Å². The molecule has 5 fully saturated rings. The molecule has 0 aromatic rings. The van der Waals surface area contributed by atoms with Crippen molar-refractivity contribution in [3.63, 3.8) is 0 Å². The van der Waals surface area contributed by atoms with Gasteiger partial charge in [0.05, 0.1) is 6.04 Å². The molecule has 1 amide bonds. The van der Waals surface area contributed by atoms with E-state index in [1.807, 2.05) is 0 Å². The largest absolute Gasteiger partial charge is 0.341 e. The van der Waals surface area contributed by atoms with Gasteiger partial charge in [0.25, 0.3) is 0 Å². The summed E-state index contributed by atoms with van der Waals surface area (Å²) < 4.78 is 0. The van der Waals surface area contributed by atoms with E-state index >= 15 is 0 Å². The molecule has 0 radical (unpaired) electrons. The summed E-state index contributed by atoms with van der Waals surface area (Å²) in [6, 6.07) is 0.671. The van der Waals surface area contributed by atoms with Crippen LogP contribution >= 0.6 is 12.4 Å². The molecule has 1 aliphatic heterocycles. The Morgan fingerprint density at radius 1 is 1.05 bits per heavy atom. The normalized spacial score (nSPS) is 45.2. The quantitative estimate of drug-likeness (QED) is 0.849. The molecular formula is C16H27ClN2O. The van der Waals surface area contributed by atoms with Gasteiger partial charge in [0, 0.05) is 13.1 Å². The molecule has 5 rings (SSSR count). The molecule has 1 saturated heterocycles. The molecule has 0 spiro atoms. The molecular weight excluding hydrogens is 272 g/mol. The minimum atomic E-state index is 0. The van der Waals surface area contributed by atoms with Crippen molar-refractivity contribution < 1.29 is 4.79 Å². The summed E-state index contributed by atoms with van der Waals surface area (Å²) in [6.07, 6.45) is 9.27. The number of carbonyl (C=O) groups excluding carboxylic acids is 1. The number of hydrogen-bond acceptors (Lipinski definition) is 2. The number of likely N-dealkylation sites (N-methyl/N-ethyl adjacent to an activating group) is 1. The Morgan fingerprint density at radius 2 is 1.65 bits per heavy atom. The Labute approximate surface area is 128 Å². The van der Waals surface area contributed by atoms with Gasteiger partial charge < -0.3 is 10.2 Å². The molecule has 0 unspecified atom stereocenters. The van der Waals surface area contributed by atoms with E-state index in [-0.39, 0.29) is 18.4 Å². The van der Waals surface area contributed by atoms with Crippen LogP contribution in [0.15, 0.2) is 0 Å². The predicted octanol–water partition coefficient (Wildman–Crippen LogP) is 2.44. The number of rotatable bonds is 2. The van der Waals surface area contributed by atoms with Crippen LogP contribution in [0.1, 0.15) is 44.9 Å². The van der Waals surface area contributed by atoms with Gasteiger partial charge in [-0.15, -0.1) is 12.4 Å². The van der Waals surface area contributed by atoms with Crippen LogP contribution in [0.25, 0.3) is 0 Å². The van der Waals surface area contributed by atoms with Gasteiger partial charge >= 0.3 is 0 Å². The Kier molecular flexibility index (Phi) is 4.02.